The van der Waals surface area contributed by atoms with Gasteiger partial charge in [-0.1, -0.05) is 30.3 Å². The zero-order chi connectivity index (χ0) is 20.3. The van der Waals surface area contributed by atoms with Crippen LogP contribution in [0.25, 0.3) is 16.5 Å². The molecule has 30 heavy (non-hydrogen) atoms. The van der Waals surface area contributed by atoms with Crippen molar-refractivity contribution in [2.24, 2.45) is 0 Å². The largest absolute Gasteiger partial charge is 0.379 e. The fourth-order valence-corrected chi connectivity index (χ4v) is 4.49. The van der Waals surface area contributed by atoms with Crippen molar-refractivity contribution in [3.8, 4) is 5.69 Å². The Morgan fingerprint density at radius 3 is 2.27 bits per heavy atom. The molecule has 158 valence electrons. The Bertz CT molecular complexity index is 986. The van der Waals surface area contributed by atoms with E-state index in [9.17, 15) is 0 Å². The Morgan fingerprint density at radius 2 is 1.50 bits per heavy atom. The first kappa shape index (κ1) is 19.5. The Balaban J connectivity index is 1.22. The molecule has 0 aliphatic carbocycles. The topological polar surface area (TPSA) is 36.8 Å². The molecule has 2 aromatic carbocycles. The third kappa shape index (κ3) is 4.21. The molecule has 2 fully saturated rings. The van der Waals surface area contributed by atoms with Gasteiger partial charge in [0.15, 0.2) is 5.82 Å². The molecule has 5 rings (SSSR count). The van der Waals surface area contributed by atoms with Gasteiger partial charge in [-0.2, -0.15) is 5.10 Å². The normalized spacial score (nSPS) is 18.9. The Labute approximate surface area is 178 Å². The summed E-state index contributed by atoms with van der Waals surface area (Å²) in [5.74, 6) is 1.09. The molecule has 0 N–H and O–H groups in total. The van der Waals surface area contributed by atoms with E-state index in [0.29, 0.717) is 0 Å². The molecule has 0 radical (unpaired) electrons. The van der Waals surface area contributed by atoms with Crippen LogP contribution >= 0.6 is 0 Å². The second kappa shape index (κ2) is 8.76. The maximum absolute atomic E-state index is 5.45. The van der Waals surface area contributed by atoms with E-state index in [1.807, 2.05) is 0 Å². The Hall–Kier alpha value is -2.41. The highest BCUT2D eigenvalue weighted by Crippen LogP contribution is 2.23. The average Bonchev–Trinajstić information content (AvgIpc) is 3.20. The van der Waals surface area contributed by atoms with Crippen molar-refractivity contribution in [1.29, 1.82) is 0 Å². The molecule has 6 heteroatoms. The van der Waals surface area contributed by atoms with E-state index in [4.69, 9.17) is 9.84 Å². The van der Waals surface area contributed by atoms with Crippen molar-refractivity contribution < 1.29 is 4.74 Å². The van der Waals surface area contributed by atoms with Gasteiger partial charge in [0, 0.05) is 64.1 Å². The fraction of sp³-hybridized carbons (Fsp3) is 0.458. The maximum atomic E-state index is 5.45. The molecule has 3 heterocycles. The minimum absolute atomic E-state index is 0.882. The molecule has 0 amide bonds. The summed E-state index contributed by atoms with van der Waals surface area (Å²) < 4.78 is 7.52. The fourth-order valence-electron chi connectivity index (χ4n) is 4.49. The summed E-state index contributed by atoms with van der Waals surface area (Å²) in [7, 11) is 0. The van der Waals surface area contributed by atoms with Crippen LogP contribution in [0.3, 0.4) is 0 Å². The van der Waals surface area contributed by atoms with Crippen LogP contribution in [0.2, 0.25) is 0 Å². The Kier molecular flexibility index (Phi) is 5.71. The van der Waals surface area contributed by atoms with Crippen molar-refractivity contribution in [3.05, 3.63) is 54.2 Å². The number of piperazine rings is 1. The van der Waals surface area contributed by atoms with Gasteiger partial charge in [0.05, 0.1) is 18.9 Å². The van der Waals surface area contributed by atoms with Crippen molar-refractivity contribution in [3.63, 3.8) is 0 Å². The monoisotopic (exact) mass is 405 g/mol. The predicted molar refractivity (Wildman–Crippen MR) is 122 cm³/mol. The minimum Gasteiger partial charge on any atom is -0.379 e. The number of anilines is 1. The summed E-state index contributed by atoms with van der Waals surface area (Å²) in [5, 5.41) is 7.47. The van der Waals surface area contributed by atoms with E-state index in [1.54, 1.807) is 0 Å². The standard InChI is InChI=1S/C24H31N5O/c1-20-18-24(25-29(20)23-7-6-21-4-2-3-5-22(21)19-23)28-12-10-26(11-13-28)8-9-27-14-16-30-17-15-27/h2-7,18-19H,8-17H2,1H3. The molecule has 0 saturated carbocycles. The van der Waals surface area contributed by atoms with E-state index in [0.717, 1.165) is 77.1 Å². The predicted octanol–water partition coefficient (Wildman–Crippen LogP) is 2.79. The number of hydrogen-bond donors (Lipinski definition) is 0. The van der Waals surface area contributed by atoms with Gasteiger partial charge < -0.3 is 9.64 Å². The summed E-state index contributed by atoms with van der Waals surface area (Å²) in [6, 6.07) is 17.3. The number of morpholine rings is 1. The van der Waals surface area contributed by atoms with Gasteiger partial charge in [0.2, 0.25) is 0 Å². The van der Waals surface area contributed by atoms with Crippen LogP contribution < -0.4 is 4.90 Å². The summed E-state index contributed by atoms with van der Waals surface area (Å²) >= 11 is 0. The lowest BCUT2D eigenvalue weighted by Crippen LogP contribution is -2.49. The molecule has 2 aliphatic rings. The minimum atomic E-state index is 0.882. The number of hydrogen-bond acceptors (Lipinski definition) is 5. The molecular formula is C24H31N5O. The highest BCUT2D eigenvalue weighted by Gasteiger charge is 2.21. The van der Waals surface area contributed by atoms with Crippen molar-refractivity contribution in [2.75, 3.05) is 70.5 Å². The molecular weight excluding hydrogens is 374 g/mol. The van der Waals surface area contributed by atoms with E-state index >= 15 is 0 Å². The van der Waals surface area contributed by atoms with Gasteiger partial charge in [-0.15, -0.1) is 0 Å². The molecule has 3 aromatic rings. The van der Waals surface area contributed by atoms with Crippen LogP contribution in [0.1, 0.15) is 5.69 Å². The molecule has 2 aliphatic heterocycles. The molecule has 0 spiro atoms. The van der Waals surface area contributed by atoms with Gasteiger partial charge in [0.1, 0.15) is 0 Å². The van der Waals surface area contributed by atoms with Crippen molar-refractivity contribution >= 4 is 16.6 Å². The first-order valence-electron chi connectivity index (χ1n) is 11.1. The molecule has 6 nitrogen and oxygen atoms in total. The van der Waals surface area contributed by atoms with E-state index < -0.39 is 0 Å². The van der Waals surface area contributed by atoms with E-state index in [-0.39, 0.29) is 0 Å². The lowest BCUT2D eigenvalue weighted by Gasteiger charge is -2.36. The highest BCUT2D eigenvalue weighted by molar-refractivity contribution is 5.84. The van der Waals surface area contributed by atoms with Crippen LogP contribution in [-0.2, 0) is 4.74 Å². The third-order valence-electron chi connectivity index (χ3n) is 6.38. The second-order valence-corrected chi connectivity index (χ2v) is 8.37. The summed E-state index contributed by atoms with van der Waals surface area (Å²) in [5.41, 5.74) is 2.30. The smallest absolute Gasteiger partial charge is 0.151 e. The number of fused-ring (bicyclic) bond motifs is 1. The SMILES string of the molecule is Cc1cc(N2CCN(CCN3CCOCC3)CC2)nn1-c1ccc2ccccc2c1. The first-order valence-corrected chi connectivity index (χ1v) is 11.1. The molecule has 0 unspecified atom stereocenters. The van der Waals surface area contributed by atoms with Gasteiger partial charge in [0.25, 0.3) is 0 Å². The van der Waals surface area contributed by atoms with Crippen LogP contribution in [0, 0.1) is 6.92 Å². The van der Waals surface area contributed by atoms with Crippen molar-refractivity contribution in [2.45, 2.75) is 6.92 Å². The second-order valence-electron chi connectivity index (χ2n) is 8.37. The number of aryl methyl sites for hydroxylation is 1. The average molecular weight is 406 g/mol. The third-order valence-corrected chi connectivity index (χ3v) is 6.38. The molecule has 0 bridgehead atoms. The first-order chi connectivity index (χ1) is 14.8. The van der Waals surface area contributed by atoms with Gasteiger partial charge in [-0.05, 0) is 29.8 Å². The van der Waals surface area contributed by atoms with Crippen LogP contribution in [0.15, 0.2) is 48.5 Å². The van der Waals surface area contributed by atoms with Crippen LogP contribution in [0.4, 0.5) is 5.82 Å². The number of benzene rings is 2. The van der Waals surface area contributed by atoms with Crippen LogP contribution in [0.5, 0.6) is 0 Å². The summed E-state index contributed by atoms with van der Waals surface area (Å²) in [6.07, 6.45) is 0. The Morgan fingerprint density at radius 1 is 0.800 bits per heavy atom. The summed E-state index contributed by atoms with van der Waals surface area (Å²) in [6.45, 7) is 12.6. The number of ether oxygens (including phenoxy) is 1. The summed E-state index contributed by atoms with van der Waals surface area (Å²) in [4.78, 5) is 7.53. The lowest BCUT2D eigenvalue weighted by atomic mass is 10.1. The number of aromatic nitrogens is 2. The van der Waals surface area contributed by atoms with Gasteiger partial charge >= 0.3 is 0 Å². The zero-order valence-electron chi connectivity index (χ0n) is 17.8. The quantitative estimate of drug-likeness (QED) is 0.653. The molecule has 2 saturated heterocycles. The van der Waals surface area contributed by atoms with E-state index in [2.05, 4.69) is 74.8 Å². The number of rotatable bonds is 5. The van der Waals surface area contributed by atoms with Crippen LogP contribution in [-0.4, -0.2) is 85.2 Å². The van der Waals surface area contributed by atoms with Crippen molar-refractivity contribution in [1.82, 2.24) is 19.6 Å². The van der Waals surface area contributed by atoms with Gasteiger partial charge in [-0.3, -0.25) is 9.80 Å². The number of nitrogens with zero attached hydrogens (tertiary/aromatic N) is 5. The zero-order valence-corrected chi connectivity index (χ0v) is 17.8. The van der Waals surface area contributed by atoms with E-state index in [1.165, 1.54) is 16.5 Å². The molecule has 0 atom stereocenters. The molecule has 1 aromatic heterocycles. The maximum Gasteiger partial charge on any atom is 0.151 e. The van der Waals surface area contributed by atoms with Gasteiger partial charge in [-0.25, -0.2) is 4.68 Å². The lowest BCUT2D eigenvalue weighted by molar-refractivity contribution is 0.0331. The highest BCUT2D eigenvalue weighted by atomic mass is 16.5.